The zero-order valence-corrected chi connectivity index (χ0v) is 14.7. The second-order valence-corrected chi connectivity index (χ2v) is 5.92. The molecule has 5 nitrogen and oxygen atoms in total. The zero-order chi connectivity index (χ0) is 16.0. The van der Waals surface area contributed by atoms with Gasteiger partial charge in [-0.3, -0.25) is 4.79 Å². The van der Waals surface area contributed by atoms with E-state index in [-0.39, 0.29) is 5.70 Å². The van der Waals surface area contributed by atoms with Crippen molar-refractivity contribution in [3.63, 3.8) is 0 Å². The topological polar surface area (TPSA) is 75.6 Å². The van der Waals surface area contributed by atoms with Gasteiger partial charge in [-0.1, -0.05) is 6.92 Å². The van der Waals surface area contributed by atoms with Crippen molar-refractivity contribution in [3.05, 3.63) is 32.3 Å². The average Bonchev–Trinajstić information content (AvgIpc) is 2.36. The van der Waals surface area contributed by atoms with Crippen molar-refractivity contribution >= 4 is 49.8 Å². The first-order chi connectivity index (χ1) is 9.85. The Morgan fingerprint density at radius 1 is 1.33 bits per heavy atom. The highest BCUT2D eigenvalue weighted by atomic mass is 79.9. The lowest BCUT2D eigenvalue weighted by molar-refractivity contribution is -0.134. The highest BCUT2D eigenvalue weighted by Gasteiger charge is 2.12. The van der Waals surface area contributed by atoms with Gasteiger partial charge in [0.2, 0.25) is 5.91 Å². The molecular formula is C14H15Br2NO4. The van der Waals surface area contributed by atoms with Crippen molar-refractivity contribution in [3.8, 4) is 5.75 Å². The molecule has 0 aromatic heterocycles. The van der Waals surface area contributed by atoms with Gasteiger partial charge < -0.3 is 15.2 Å². The molecule has 0 saturated carbocycles. The van der Waals surface area contributed by atoms with E-state index in [0.717, 1.165) is 6.42 Å². The van der Waals surface area contributed by atoms with Crippen molar-refractivity contribution in [1.82, 2.24) is 5.32 Å². The maximum atomic E-state index is 11.1. The molecule has 0 aliphatic heterocycles. The summed E-state index contributed by atoms with van der Waals surface area (Å²) in [6.45, 7) is 3.84. The predicted octanol–water partition coefficient (Wildman–Crippen LogP) is 3.56. The fourth-order valence-corrected chi connectivity index (χ4v) is 2.96. The molecule has 0 radical (unpaired) electrons. The van der Waals surface area contributed by atoms with Crippen molar-refractivity contribution < 1.29 is 19.4 Å². The summed E-state index contributed by atoms with van der Waals surface area (Å²) in [5.41, 5.74) is 0.423. The number of rotatable bonds is 6. The highest BCUT2D eigenvalue weighted by molar-refractivity contribution is 9.11. The van der Waals surface area contributed by atoms with E-state index >= 15 is 0 Å². The fourth-order valence-electron chi connectivity index (χ4n) is 1.51. The minimum Gasteiger partial charge on any atom is -0.491 e. The molecule has 1 aromatic rings. The molecule has 0 aliphatic carbocycles. The fraction of sp³-hybridized carbons (Fsp3) is 0.286. The van der Waals surface area contributed by atoms with E-state index in [1.807, 2.05) is 6.92 Å². The first kappa shape index (κ1) is 17.7. The number of carboxylic acids is 1. The van der Waals surface area contributed by atoms with Crippen molar-refractivity contribution in [1.29, 1.82) is 0 Å². The van der Waals surface area contributed by atoms with Crippen molar-refractivity contribution in [2.45, 2.75) is 20.3 Å². The molecule has 0 spiro atoms. The molecule has 1 aromatic carbocycles. The van der Waals surface area contributed by atoms with E-state index in [4.69, 9.17) is 9.84 Å². The number of halogens is 2. The minimum absolute atomic E-state index is 0.191. The van der Waals surface area contributed by atoms with Gasteiger partial charge in [0.15, 0.2) is 0 Å². The summed E-state index contributed by atoms with van der Waals surface area (Å²) in [7, 11) is 0. The first-order valence-corrected chi connectivity index (χ1v) is 7.78. The summed E-state index contributed by atoms with van der Waals surface area (Å²) in [5.74, 6) is -0.987. The molecule has 114 valence electrons. The van der Waals surface area contributed by atoms with Gasteiger partial charge in [0, 0.05) is 6.92 Å². The molecule has 0 unspecified atom stereocenters. The SMILES string of the molecule is CCCOc1c(Br)cc(/C=C(/NC(C)=O)C(=O)O)cc1Br. The van der Waals surface area contributed by atoms with Gasteiger partial charge in [-0.2, -0.15) is 0 Å². The number of carboxylic acid groups (broad SMARTS) is 1. The number of hydrogen-bond donors (Lipinski definition) is 2. The summed E-state index contributed by atoms with van der Waals surface area (Å²) in [4.78, 5) is 22.1. The summed E-state index contributed by atoms with van der Waals surface area (Å²) in [5, 5.41) is 11.3. The van der Waals surface area contributed by atoms with Gasteiger partial charge in [-0.15, -0.1) is 0 Å². The molecule has 0 atom stereocenters. The zero-order valence-electron chi connectivity index (χ0n) is 11.6. The van der Waals surface area contributed by atoms with E-state index in [1.165, 1.54) is 13.0 Å². The van der Waals surface area contributed by atoms with Crippen LogP contribution in [0.15, 0.2) is 26.8 Å². The molecule has 2 N–H and O–H groups in total. The number of benzene rings is 1. The Hall–Kier alpha value is -1.34. The van der Waals surface area contributed by atoms with Gasteiger partial charge in [-0.05, 0) is 62.1 Å². The third kappa shape index (κ3) is 5.51. The minimum atomic E-state index is -1.20. The standard InChI is InChI=1S/C14H15Br2NO4/c1-3-4-21-13-10(15)5-9(6-11(13)16)7-12(14(19)20)17-8(2)18/h5-7H,3-4H2,1-2H3,(H,17,18)(H,19,20)/b12-7+. The molecular weight excluding hydrogens is 406 g/mol. The normalized spacial score (nSPS) is 11.1. The van der Waals surface area contributed by atoms with Gasteiger partial charge in [0.05, 0.1) is 15.6 Å². The summed E-state index contributed by atoms with van der Waals surface area (Å²) in [6, 6.07) is 3.45. The smallest absolute Gasteiger partial charge is 0.352 e. The predicted molar refractivity (Wildman–Crippen MR) is 87.1 cm³/mol. The molecule has 1 rings (SSSR count). The number of hydrogen-bond acceptors (Lipinski definition) is 3. The maximum Gasteiger partial charge on any atom is 0.352 e. The van der Waals surface area contributed by atoms with E-state index in [2.05, 4.69) is 37.2 Å². The Morgan fingerprint density at radius 2 is 1.90 bits per heavy atom. The van der Waals surface area contributed by atoms with E-state index in [1.54, 1.807) is 12.1 Å². The number of aliphatic carboxylic acids is 1. The average molecular weight is 421 g/mol. The summed E-state index contributed by atoms with van der Waals surface area (Å²) >= 11 is 6.77. The Morgan fingerprint density at radius 3 is 2.33 bits per heavy atom. The lowest BCUT2D eigenvalue weighted by Gasteiger charge is -2.11. The Balaban J connectivity index is 3.13. The van der Waals surface area contributed by atoms with Crippen LogP contribution in [-0.2, 0) is 9.59 Å². The largest absolute Gasteiger partial charge is 0.491 e. The number of carbonyl (C=O) groups is 2. The van der Waals surface area contributed by atoms with Crippen LogP contribution in [0.1, 0.15) is 25.8 Å². The molecule has 1 amide bonds. The van der Waals surface area contributed by atoms with Crippen LogP contribution in [0.3, 0.4) is 0 Å². The van der Waals surface area contributed by atoms with Crippen LogP contribution in [-0.4, -0.2) is 23.6 Å². The van der Waals surface area contributed by atoms with Crippen LogP contribution in [0.25, 0.3) is 6.08 Å². The molecule has 0 bridgehead atoms. The Bertz CT molecular complexity index is 561. The Kier molecular flexibility index (Phi) is 6.91. The van der Waals surface area contributed by atoms with E-state index in [9.17, 15) is 9.59 Å². The highest BCUT2D eigenvalue weighted by Crippen LogP contribution is 2.35. The van der Waals surface area contributed by atoms with Crippen LogP contribution in [0.5, 0.6) is 5.75 Å². The van der Waals surface area contributed by atoms with Crippen LogP contribution in [0, 0.1) is 0 Å². The number of nitrogens with one attached hydrogen (secondary N) is 1. The Labute approximate surface area is 139 Å². The van der Waals surface area contributed by atoms with Gasteiger partial charge in [-0.25, -0.2) is 4.79 Å². The van der Waals surface area contributed by atoms with Gasteiger partial charge in [0.1, 0.15) is 11.4 Å². The van der Waals surface area contributed by atoms with Crippen molar-refractivity contribution in [2.24, 2.45) is 0 Å². The molecule has 0 aliphatic rings. The monoisotopic (exact) mass is 419 g/mol. The number of carbonyl (C=O) groups excluding carboxylic acids is 1. The quantitative estimate of drug-likeness (QED) is 0.690. The summed E-state index contributed by atoms with van der Waals surface area (Å²) < 4.78 is 6.98. The summed E-state index contributed by atoms with van der Waals surface area (Å²) in [6.07, 6.45) is 2.26. The van der Waals surface area contributed by atoms with E-state index in [0.29, 0.717) is 26.9 Å². The lowest BCUT2D eigenvalue weighted by atomic mass is 10.2. The van der Waals surface area contributed by atoms with Crippen LogP contribution in [0.4, 0.5) is 0 Å². The van der Waals surface area contributed by atoms with Gasteiger partial charge in [0.25, 0.3) is 0 Å². The second-order valence-electron chi connectivity index (χ2n) is 4.21. The third-order valence-electron chi connectivity index (χ3n) is 2.32. The van der Waals surface area contributed by atoms with Gasteiger partial charge >= 0.3 is 5.97 Å². The molecule has 21 heavy (non-hydrogen) atoms. The third-order valence-corrected chi connectivity index (χ3v) is 3.50. The first-order valence-electron chi connectivity index (χ1n) is 6.19. The molecule has 0 heterocycles. The van der Waals surface area contributed by atoms with E-state index < -0.39 is 11.9 Å². The maximum absolute atomic E-state index is 11.1. The number of ether oxygens (including phenoxy) is 1. The molecule has 0 saturated heterocycles. The van der Waals surface area contributed by atoms with Crippen molar-refractivity contribution in [2.75, 3.05) is 6.61 Å². The van der Waals surface area contributed by atoms with Crippen LogP contribution in [0.2, 0.25) is 0 Å². The molecule has 0 fully saturated rings. The molecule has 7 heteroatoms. The second kappa shape index (κ2) is 8.19. The number of amides is 1. The van der Waals surface area contributed by atoms with Crippen LogP contribution >= 0.6 is 31.9 Å². The lowest BCUT2D eigenvalue weighted by Crippen LogP contribution is -2.24. The van der Waals surface area contributed by atoms with Crippen LogP contribution < -0.4 is 10.1 Å².